The fourth-order valence-electron chi connectivity index (χ4n) is 1.21. The molecule has 0 spiro atoms. The molecule has 0 fully saturated rings. The van der Waals surface area contributed by atoms with E-state index in [2.05, 4.69) is 44.4 Å². The standard InChI is InChI=1S/C9H10IN3/c1-12-6-7-13(9(12)10)8-4-2-3-5-11-8/h2-7,9H,1H3. The van der Waals surface area contributed by atoms with E-state index in [4.69, 9.17) is 0 Å². The second-order valence-electron chi connectivity index (χ2n) is 2.87. The minimum Gasteiger partial charge on any atom is -0.351 e. The van der Waals surface area contributed by atoms with E-state index in [-0.39, 0.29) is 0 Å². The summed E-state index contributed by atoms with van der Waals surface area (Å²) in [5.41, 5.74) is 0. The van der Waals surface area contributed by atoms with Gasteiger partial charge in [-0.3, -0.25) is 0 Å². The quantitative estimate of drug-likeness (QED) is 0.447. The molecule has 4 heteroatoms. The number of rotatable bonds is 1. The van der Waals surface area contributed by atoms with Gasteiger partial charge in [-0.15, -0.1) is 0 Å². The number of halogens is 1. The SMILES string of the molecule is CN1C=CN(c2ccccn2)C1I. The molecule has 1 aliphatic heterocycles. The summed E-state index contributed by atoms with van der Waals surface area (Å²) in [5.74, 6) is 0.988. The average molecular weight is 287 g/mol. The zero-order chi connectivity index (χ0) is 9.26. The van der Waals surface area contributed by atoms with Crippen LogP contribution in [-0.4, -0.2) is 21.1 Å². The van der Waals surface area contributed by atoms with E-state index in [1.165, 1.54) is 0 Å². The van der Waals surface area contributed by atoms with Crippen molar-refractivity contribution >= 4 is 28.4 Å². The normalized spacial score (nSPS) is 21.2. The molecule has 1 aromatic heterocycles. The maximum Gasteiger partial charge on any atom is 0.159 e. The van der Waals surface area contributed by atoms with Gasteiger partial charge >= 0.3 is 0 Å². The van der Waals surface area contributed by atoms with Crippen LogP contribution >= 0.6 is 22.6 Å². The van der Waals surface area contributed by atoms with Gasteiger partial charge < -0.3 is 9.80 Å². The van der Waals surface area contributed by atoms with Crippen LogP contribution in [0.1, 0.15) is 0 Å². The van der Waals surface area contributed by atoms with Gasteiger partial charge in [0.25, 0.3) is 0 Å². The Morgan fingerprint density at radius 3 is 2.77 bits per heavy atom. The van der Waals surface area contributed by atoms with Crippen molar-refractivity contribution in [2.45, 2.75) is 4.17 Å². The number of hydrogen-bond donors (Lipinski definition) is 0. The molecule has 13 heavy (non-hydrogen) atoms. The van der Waals surface area contributed by atoms with Crippen molar-refractivity contribution in [3.8, 4) is 0 Å². The minimum absolute atomic E-state index is 0.326. The summed E-state index contributed by atoms with van der Waals surface area (Å²) < 4.78 is 0.326. The Kier molecular flexibility index (Phi) is 2.39. The molecule has 0 N–H and O–H groups in total. The summed E-state index contributed by atoms with van der Waals surface area (Å²) in [7, 11) is 2.05. The van der Waals surface area contributed by atoms with Gasteiger partial charge in [0.05, 0.1) is 0 Å². The maximum atomic E-state index is 4.29. The summed E-state index contributed by atoms with van der Waals surface area (Å²) in [6.07, 6.45) is 5.90. The lowest BCUT2D eigenvalue weighted by atomic mass is 10.4. The van der Waals surface area contributed by atoms with Crippen LogP contribution in [0.25, 0.3) is 0 Å². The van der Waals surface area contributed by atoms with Gasteiger partial charge in [0.1, 0.15) is 5.82 Å². The Labute approximate surface area is 91.2 Å². The highest BCUT2D eigenvalue weighted by molar-refractivity contribution is 14.1. The Balaban J connectivity index is 2.24. The lowest BCUT2D eigenvalue weighted by molar-refractivity contribution is 0.475. The fourth-order valence-corrected chi connectivity index (χ4v) is 1.86. The number of nitrogens with zero attached hydrogens (tertiary/aromatic N) is 3. The molecule has 3 nitrogen and oxygen atoms in total. The first-order chi connectivity index (χ1) is 6.29. The highest BCUT2D eigenvalue weighted by Crippen LogP contribution is 2.24. The molecule has 0 saturated heterocycles. The van der Waals surface area contributed by atoms with Gasteiger partial charge in [-0.1, -0.05) is 6.07 Å². The van der Waals surface area contributed by atoms with E-state index in [1.54, 1.807) is 0 Å². The van der Waals surface area contributed by atoms with Gasteiger partial charge in [0, 0.05) is 25.6 Å². The van der Waals surface area contributed by atoms with Gasteiger partial charge in [0.2, 0.25) is 0 Å². The molecule has 1 aliphatic rings. The van der Waals surface area contributed by atoms with E-state index in [9.17, 15) is 0 Å². The smallest absolute Gasteiger partial charge is 0.159 e. The lowest BCUT2D eigenvalue weighted by Gasteiger charge is -2.24. The van der Waals surface area contributed by atoms with Crippen molar-refractivity contribution in [1.29, 1.82) is 0 Å². The van der Waals surface area contributed by atoms with Crippen molar-refractivity contribution < 1.29 is 0 Å². The van der Waals surface area contributed by atoms with E-state index < -0.39 is 0 Å². The van der Waals surface area contributed by atoms with Gasteiger partial charge in [-0.25, -0.2) is 4.98 Å². The largest absolute Gasteiger partial charge is 0.351 e. The third-order valence-corrected chi connectivity index (χ3v) is 3.42. The highest BCUT2D eigenvalue weighted by Gasteiger charge is 2.21. The molecule has 1 aromatic rings. The molecule has 68 valence electrons. The van der Waals surface area contributed by atoms with Crippen molar-refractivity contribution in [2.75, 3.05) is 11.9 Å². The number of pyridine rings is 1. The summed E-state index contributed by atoms with van der Waals surface area (Å²) in [6.45, 7) is 0. The Morgan fingerprint density at radius 2 is 2.23 bits per heavy atom. The molecule has 0 amide bonds. The van der Waals surface area contributed by atoms with Crippen molar-refractivity contribution in [1.82, 2.24) is 9.88 Å². The third kappa shape index (κ3) is 1.63. The average Bonchev–Trinajstić information content (AvgIpc) is 2.49. The molecule has 0 aliphatic carbocycles. The van der Waals surface area contributed by atoms with Crippen LogP contribution in [0.3, 0.4) is 0 Å². The minimum atomic E-state index is 0.326. The van der Waals surface area contributed by atoms with Crippen molar-refractivity contribution in [3.05, 3.63) is 36.8 Å². The van der Waals surface area contributed by atoms with Crippen LogP contribution in [0.15, 0.2) is 36.8 Å². The Bertz CT molecular complexity index is 312. The van der Waals surface area contributed by atoms with E-state index in [0.717, 1.165) is 5.82 Å². The molecular formula is C9H10IN3. The number of alkyl halides is 1. The van der Waals surface area contributed by atoms with Crippen LogP contribution in [-0.2, 0) is 0 Å². The second kappa shape index (κ2) is 3.53. The van der Waals surface area contributed by atoms with Crippen LogP contribution in [0.5, 0.6) is 0 Å². The molecular weight excluding hydrogens is 277 g/mol. The van der Waals surface area contributed by atoms with Crippen LogP contribution in [0, 0.1) is 0 Å². The summed E-state index contributed by atoms with van der Waals surface area (Å²) in [5, 5.41) is 0. The highest BCUT2D eigenvalue weighted by atomic mass is 127. The molecule has 1 atom stereocenters. The first-order valence-electron chi connectivity index (χ1n) is 4.03. The summed E-state index contributed by atoms with van der Waals surface area (Å²) in [6, 6.07) is 5.93. The molecule has 2 rings (SSSR count). The molecule has 0 radical (unpaired) electrons. The van der Waals surface area contributed by atoms with E-state index >= 15 is 0 Å². The second-order valence-corrected chi connectivity index (χ2v) is 3.98. The van der Waals surface area contributed by atoms with Gasteiger partial charge in [0.15, 0.2) is 4.17 Å². The number of aromatic nitrogens is 1. The van der Waals surface area contributed by atoms with Crippen LogP contribution < -0.4 is 4.90 Å². The first kappa shape index (κ1) is 8.80. The van der Waals surface area contributed by atoms with Gasteiger partial charge in [-0.2, -0.15) is 0 Å². The molecule has 1 unspecified atom stereocenters. The van der Waals surface area contributed by atoms with Crippen LogP contribution in [0.4, 0.5) is 5.82 Å². The van der Waals surface area contributed by atoms with E-state index in [0.29, 0.717) is 4.17 Å². The predicted octanol–water partition coefficient (Wildman–Crippen LogP) is 2.02. The summed E-state index contributed by atoms with van der Waals surface area (Å²) in [4.78, 5) is 8.55. The molecule has 0 saturated carbocycles. The van der Waals surface area contributed by atoms with Gasteiger partial charge in [-0.05, 0) is 34.7 Å². The number of hydrogen-bond acceptors (Lipinski definition) is 3. The fraction of sp³-hybridized carbons (Fsp3) is 0.222. The monoisotopic (exact) mass is 287 g/mol. The third-order valence-electron chi connectivity index (χ3n) is 1.94. The topological polar surface area (TPSA) is 19.4 Å². The Morgan fingerprint density at radius 1 is 1.38 bits per heavy atom. The zero-order valence-corrected chi connectivity index (χ0v) is 9.42. The van der Waals surface area contributed by atoms with E-state index in [1.807, 2.05) is 36.8 Å². The van der Waals surface area contributed by atoms with Crippen LogP contribution in [0.2, 0.25) is 0 Å². The molecule has 0 aromatic carbocycles. The number of anilines is 1. The Hall–Kier alpha value is -0.780. The zero-order valence-electron chi connectivity index (χ0n) is 7.26. The maximum absolute atomic E-state index is 4.29. The van der Waals surface area contributed by atoms with Crippen molar-refractivity contribution in [2.24, 2.45) is 0 Å². The molecule has 2 heterocycles. The molecule has 0 bridgehead atoms. The predicted molar refractivity (Wildman–Crippen MR) is 61.4 cm³/mol. The lowest BCUT2D eigenvalue weighted by Crippen LogP contribution is -2.30. The first-order valence-corrected chi connectivity index (χ1v) is 5.27. The van der Waals surface area contributed by atoms with Crippen molar-refractivity contribution in [3.63, 3.8) is 0 Å². The summed E-state index contributed by atoms with van der Waals surface area (Å²) >= 11 is 2.37.